The Labute approximate surface area is 103 Å². The SMILES string of the molecule is COCCOCC(N)Cc1sccc1Br. The summed E-state index contributed by atoms with van der Waals surface area (Å²) in [6, 6.07) is 2.09. The molecule has 3 nitrogen and oxygen atoms in total. The lowest BCUT2D eigenvalue weighted by molar-refractivity contribution is 0.0638. The maximum absolute atomic E-state index is 5.94. The average molecular weight is 294 g/mol. The van der Waals surface area contributed by atoms with Crippen molar-refractivity contribution in [3.05, 3.63) is 20.8 Å². The van der Waals surface area contributed by atoms with E-state index in [1.165, 1.54) is 4.88 Å². The van der Waals surface area contributed by atoms with Crippen molar-refractivity contribution in [2.24, 2.45) is 5.73 Å². The molecule has 0 saturated carbocycles. The molecular weight excluding hydrogens is 278 g/mol. The van der Waals surface area contributed by atoms with Crippen LogP contribution in [0.2, 0.25) is 0 Å². The highest BCUT2D eigenvalue weighted by atomic mass is 79.9. The maximum Gasteiger partial charge on any atom is 0.0701 e. The molecule has 0 aliphatic rings. The molecule has 5 heteroatoms. The van der Waals surface area contributed by atoms with Gasteiger partial charge in [-0.2, -0.15) is 0 Å². The van der Waals surface area contributed by atoms with E-state index in [-0.39, 0.29) is 6.04 Å². The van der Waals surface area contributed by atoms with Gasteiger partial charge in [0.05, 0.1) is 19.8 Å². The van der Waals surface area contributed by atoms with Gasteiger partial charge in [-0.05, 0) is 27.4 Å². The van der Waals surface area contributed by atoms with E-state index in [2.05, 4.69) is 21.3 Å². The van der Waals surface area contributed by atoms with Crippen molar-refractivity contribution in [2.45, 2.75) is 12.5 Å². The molecule has 1 aromatic heterocycles. The van der Waals surface area contributed by atoms with Crippen molar-refractivity contribution in [3.63, 3.8) is 0 Å². The minimum Gasteiger partial charge on any atom is -0.382 e. The zero-order chi connectivity index (χ0) is 11.1. The molecule has 1 heterocycles. The molecule has 0 saturated heterocycles. The summed E-state index contributed by atoms with van der Waals surface area (Å²) >= 11 is 5.20. The van der Waals surface area contributed by atoms with Gasteiger partial charge in [-0.25, -0.2) is 0 Å². The van der Waals surface area contributed by atoms with Crippen LogP contribution in [0, 0.1) is 0 Å². The number of hydrogen-bond donors (Lipinski definition) is 1. The normalized spacial score (nSPS) is 13.0. The van der Waals surface area contributed by atoms with Gasteiger partial charge in [0.2, 0.25) is 0 Å². The van der Waals surface area contributed by atoms with Crippen LogP contribution < -0.4 is 5.73 Å². The summed E-state index contributed by atoms with van der Waals surface area (Å²) in [4.78, 5) is 1.28. The molecule has 0 radical (unpaired) electrons. The fourth-order valence-corrected chi connectivity index (χ4v) is 2.75. The van der Waals surface area contributed by atoms with Gasteiger partial charge in [0, 0.05) is 28.9 Å². The number of thiophene rings is 1. The third-order valence-corrected chi connectivity index (χ3v) is 3.85. The predicted octanol–water partition coefficient (Wildman–Crippen LogP) is 2.04. The molecule has 0 amide bonds. The Morgan fingerprint density at radius 1 is 1.53 bits per heavy atom. The first-order chi connectivity index (χ1) is 7.24. The lowest BCUT2D eigenvalue weighted by Gasteiger charge is -2.11. The zero-order valence-electron chi connectivity index (χ0n) is 8.74. The molecule has 2 N–H and O–H groups in total. The second kappa shape index (κ2) is 7.35. The van der Waals surface area contributed by atoms with Gasteiger partial charge >= 0.3 is 0 Å². The second-order valence-corrected chi connectivity index (χ2v) is 5.08. The Balaban J connectivity index is 2.18. The fraction of sp³-hybridized carbons (Fsp3) is 0.600. The lowest BCUT2D eigenvalue weighted by Crippen LogP contribution is -2.29. The highest BCUT2D eigenvalue weighted by Gasteiger charge is 2.08. The van der Waals surface area contributed by atoms with Crippen molar-refractivity contribution in [1.82, 2.24) is 0 Å². The molecule has 0 aliphatic heterocycles. The van der Waals surface area contributed by atoms with Crippen LogP contribution in [0.4, 0.5) is 0 Å². The summed E-state index contributed by atoms with van der Waals surface area (Å²) in [7, 11) is 1.66. The number of methoxy groups -OCH3 is 1. The molecule has 1 unspecified atom stereocenters. The molecule has 1 aromatic rings. The molecule has 0 aromatic carbocycles. The molecule has 0 spiro atoms. The van der Waals surface area contributed by atoms with E-state index in [1.807, 2.05) is 6.07 Å². The molecule has 1 atom stereocenters. The van der Waals surface area contributed by atoms with Crippen molar-refractivity contribution < 1.29 is 9.47 Å². The Morgan fingerprint density at radius 2 is 2.33 bits per heavy atom. The first-order valence-corrected chi connectivity index (χ1v) is 6.45. The van der Waals surface area contributed by atoms with Gasteiger partial charge in [0.25, 0.3) is 0 Å². The largest absolute Gasteiger partial charge is 0.382 e. The van der Waals surface area contributed by atoms with Crippen molar-refractivity contribution >= 4 is 27.3 Å². The predicted molar refractivity (Wildman–Crippen MR) is 66.4 cm³/mol. The molecule has 0 aliphatic carbocycles. The summed E-state index contributed by atoms with van der Waals surface area (Å²) < 4.78 is 11.4. The number of nitrogens with two attached hydrogens (primary N) is 1. The van der Waals surface area contributed by atoms with Gasteiger partial charge in [0.15, 0.2) is 0 Å². The second-order valence-electron chi connectivity index (χ2n) is 3.22. The van der Waals surface area contributed by atoms with Gasteiger partial charge in [-0.15, -0.1) is 11.3 Å². The maximum atomic E-state index is 5.94. The lowest BCUT2D eigenvalue weighted by atomic mass is 10.2. The third-order valence-electron chi connectivity index (χ3n) is 1.90. The summed E-state index contributed by atoms with van der Waals surface area (Å²) in [5.74, 6) is 0. The van der Waals surface area contributed by atoms with Gasteiger partial charge < -0.3 is 15.2 Å². The summed E-state index contributed by atoms with van der Waals surface area (Å²) in [6.45, 7) is 1.80. The van der Waals surface area contributed by atoms with E-state index in [1.54, 1.807) is 18.4 Å². The first-order valence-electron chi connectivity index (χ1n) is 4.78. The minimum atomic E-state index is 0.0526. The van der Waals surface area contributed by atoms with Crippen molar-refractivity contribution in [3.8, 4) is 0 Å². The van der Waals surface area contributed by atoms with Crippen LogP contribution in [0.3, 0.4) is 0 Å². The Kier molecular flexibility index (Phi) is 6.43. The van der Waals surface area contributed by atoms with E-state index < -0.39 is 0 Å². The van der Waals surface area contributed by atoms with Crippen LogP contribution in [-0.4, -0.2) is 33.0 Å². The van der Waals surface area contributed by atoms with Gasteiger partial charge in [-0.1, -0.05) is 0 Å². The number of ether oxygens (including phenoxy) is 2. The average Bonchev–Trinajstić information content (AvgIpc) is 2.59. The smallest absolute Gasteiger partial charge is 0.0701 e. The van der Waals surface area contributed by atoms with E-state index in [9.17, 15) is 0 Å². The van der Waals surface area contributed by atoms with E-state index >= 15 is 0 Å². The molecule has 1 rings (SSSR count). The van der Waals surface area contributed by atoms with Crippen LogP contribution in [0.1, 0.15) is 4.88 Å². The molecule has 86 valence electrons. The zero-order valence-corrected chi connectivity index (χ0v) is 11.1. The van der Waals surface area contributed by atoms with Gasteiger partial charge in [-0.3, -0.25) is 0 Å². The number of hydrogen-bond acceptors (Lipinski definition) is 4. The van der Waals surface area contributed by atoms with E-state index in [0.717, 1.165) is 10.9 Å². The Hall–Kier alpha value is 0.0600. The summed E-state index contributed by atoms with van der Waals surface area (Å²) in [5.41, 5.74) is 5.94. The molecule has 0 fully saturated rings. The van der Waals surface area contributed by atoms with Crippen LogP contribution in [0.5, 0.6) is 0 Å². The van der Waals surface area contributed by atoms with E-state index in [4.69, 9.17) is 15.2 Å². The molecule has 15 heavy (non-hydrogen) atoms. The first kappa shape index (κ1) is 13.1. The quantitative estimate of drug-likeness (QED) is 0.783. The van der Waals surface area contributed by atoms with E-state index in [0.29, 0.717) is 19.8 Å². The van der Waals surface area contributed by atoms with Crippen LogP contribution in [0.15, 0.2) is 15.9 Å². The van der Waals surface area contributed by atoms with Crippen LogP contribution in [-0.2, 0) is 15.9 Å². The fourth-order valence-electron chi connectivity index (χ4n) is 1.14. The third kappa shape index (κ3) is 5.08. The Bertz CT molecular complexity index is 280. The van der Waals surface area contributed by atoms with Gasteiger partial charge in [0.1, 0.15) is 0 Å². The number of halogens is 1. The Morgan fingerprint density at radius 3 is 2.93 bits per heavy atom. The van der Waals surface area contributed by atoms with Crippen molar-refractivity contribution in [1.29, 1.82) is 0 Å². The molecular formula is C10H16BrNO2S. The standard InChI is InChI=1S/C10H16BrNO2S/c1-13-3-4-14-7-8(12)6-10-9(11)2-5-15-10/h2,5,8H,3-4,6-7,12H2,1H3. The minimum absolute atomic E-state index is 0.0526. The summed E-state index contributed by atoms with van der Waals surface area (Å²) in [6.07, 6.45) is 0.852. The van der Waals surface area contributed by atoms with Crippen molar-refractivity contribution in [2.75, 3.05) is 26.9 Å². The van der Waals surface area contributed by atoms with Crippen LogP contribution in [0.25, 0.3) is 0 Å². The van der Waals surface area contributed by atoms with Crippen LogP contribution >= 0.6 is 27.3 Å². The summed E-state index contributed by atoms with van der Waals surface area (Å²) in [5, 5.41) is 2.05. The monoisotopic (exact) mass is 293 g/mol. The highest BCUT2D eigenvalue weighted by molar-refractivity contribution is 9.10. The topological polar surface area (TPSA) is 44.5 Å². The number of rotatable bonds is 7. The highest BCUT2D eigenvalue weighted by Crippen LogP contribution is 2.23. The molecule has 0 bridgehead atoms.